The fraction of sp³-hybridized carbons (Fsp3) is 0.371. The van der Waals surface area contributed by atoms with E-state index in [1.807, 2.05) is 29.8 Å². The number of amides is 2. The highest BCUT2D eigenvalue weighted by Gasteiger charge is 2.31. The first-order valence-corrected chi connectivity index (χ1v) is 15.9. The number of nitrogens with two attached hydrogens (primary N) is 1. The number of halogens is 1. The summed E-state index contributed by atoms with van der Waals surface area (Å²) in [4.78, 5) is 37.5. The van der Waals surface area contributed by atoms with Gasteiger partial charge >= 0.3 is 0 Å². The van der Waals surface area contributed by atoms with Gasteiger partial charge in [0.05, 0.1) is 30.6 Å². The molecule has 3 aromatic heterocycles. The van der Waals surface area contributed by atoms with E-state index >= 15 is 0 Å². The van der Waals surface area contributed by atoms with Gasteiger partial charge in [0.2, 0.25) is 0 Å². The molecule has 3 aliphatic rings. The summed E-state index contributed by atoms with van der Waals surface area (Å²) in [5.41, 5.74) is 13.2. The molecule has 2 amide bonds. The number of hydrogen-bond acceptors (Lipinski definition) is 6. The summed E-state index contributed by atoms with van der Waals surface area (Å²) in [7, 11) is 3.53. The van der Waals surface area contributed by atoms with E-state index < -0.39 is 12.2 Å². The monoisotopic (exact) mass is 621 g/mol. The molecule has 11 heteroatoms. The van der Waals surface area contributed by atoms with Gasteiger partial charge in [-0.1, -0.05) is 6.07 Å². The third kappa shape index (κ3) is 4.89. The van der Waals surface area contributed by atoms with Gasteiger partial charge in [0.1, 0.15) is 23.1 Å². The largest absolute Gasteiger partial charge is 0.494 e. The van der Waals surface area contributed by atoms with Crippen LogP contribution in [0.3, 0.4) is 0 Å². The molecule has 2 fully saturated rings. The summed E-state index contributed by atoms with van der Waals surface area (Å²) in [5, 5.41) is 3.92. The van der Waals surface area contributed by atoms with Gasteiger partial charge in [-0.15, -0.1) is 0 Å². The molecule has 1 saturated carbocycles. The van der Waals surface area contributed by atoms with E-state index in [1.54, 1.807) is 19.2 Å². The van der Waals surface area contributed by atoms with Crippen LogP contribution in [0.2, 0.25) is 0 Å². The van der Waals surface area contributed by atoms with Gasteiger partial charge < -0.3 is 29.8 Å². The molecule has 1 aliphatic carbocycles. The van der Waals surface area contributed by atoms with Gasteiger partial charge in [-0.25, -0.2) is 14.4 Å². The molecule has 1 saturated heterocycles. The van der Waals surface area contributed by atoms with E-state index in [4.69, 9.17) is 20.4 Å². The number of nitrogens with zero attached hydrogens (tertiary/aromatic N) is 5. The molecular weight excluding hydrogens is 585 g/mol. The van der Waals surface area contributed by atoms with Crippen LogP contribution in [0.4, 0.5) is 4.39 Å². The van der Waals surface area contributed by atoms with Gasteiger partial charge in [-0.05, 0) is 79.6 Å². The Bertz CT molecular complexity index is 2040. The molecule has 5 aromatic rings. The lowest BCUT2D eigenvalue weighted by Crippen LogP contribution is -2.50. The van der Waals surface area contributed by atoms with Crippen molar-refractivity contribution in [3.63, 3.8) is 0 Å². The van der Waals surface area contributed by atoms with Crippen molar-refractivity contribution in [2.75, 3.05) is 26.7 Å². The Hall–Kier alpha value is -4.77. The van der Waals surface area contributed by atoms with Crippen LogP contribution in [-0.4, -0.2) is 74.8 Å². The third-order valence-electron chi connectivity index (χ3n) is 9.56. The fourth-order valence-corrected chi connectivity index (χ4v) is 7.05. The number of fused-ring (bicyclic) bond motifs is 3. The zero-order valence-corrected chi connectivity index (χ0v) is 25.9. The number of pyridine rings is 1. The van der Waals surface area contributed by atoms with E-state index in [2.05, 4.69) is 28.1 Å². The predicted molar refractivity (Wildman–Crippen MR) is 174 cm³/mol. The summed E-state index contributed by atoms with van der Waals surface area (Å²) in [6.45, 7) is 1.79. The van der Waals surface area contributed by atoms with Gasteiger partial charge in [-0.3, -0.25) is 9.59 Å². The molecule has 0 bridgehead atoms. The highest BCUT2D eigenvalue weighted by molar-refractivity contribution is 6.00. The van der Waals surface area contributed by atoms with Crippen molar-refractivity contribution in [1.82, 2.24) is 29.3 Å². The average Bonchev–Trinajstić information content (AvgIpc) is 3.72. The Morgan fingerprint density at radius 3 is 2.74 bits per heavy atom. The highest BCUT2D eigenvalue weighted by atomic mass is 19.1. The zero-order chi connectivity index (χ0) is 31.7. The topological polar surface area (TPSA) is 120 Å². The Kier molecular flexibility index (Phi) is 6.82. The number of methoxy groups -OCH3 is 1. The molecule has 10 nitrogen and oxygen atoms in total. The first-order valence-electron chi connectivity index (χ1n) is 15.9. The second-order valence-corrected chi connectivity index (χ2v) is 12.9. The zero-order valence-electron chi connectivity index (χ0n) is 25.9. The third-order valence-corrected chi connectivity index (χ3v) is 9.56. The van der Waals surface area contributed by atoms with E-state index in [1.165, 1.54) is 17.7 Å². The number of likely N-dealkylation sites (tertiary alicyclic amines) is 1. The maximum atomic E-state index is 14.3. The van der Waals surface area contributed by atoms with E-state index in [0.717, 1.165) is 63.4 Å². The number of piperidine rings is 1. The summed E-state index contributed by atoms with van der Waals surface area (Å²) in [6, 6.07) is 15.3. The number of benzene rings is 2. The lowest BCUT2D eigenvalue weighted by Gasteiger charge is -2.33. The van der Waals surface area contributed by atoms with Crippen LogP contribution in [0.1, 0.15) is 45.5 Å². The maximum absolute atomic E-state index is 14.3. The van der Waals surface area contributed by atoms with Crippen LogP contribution in [-0.2, 0) is 20.0 Å². The maximum Gasteiger partial charge on any atom is 0.254 e. The van der Waals surface area contributed by atoms with Crippen LogP contribution in [0.25, 0.3) is 44.8 Å². The number of imidazole rings is 1. The van der Waals surface area contributed by atoms with E-state index in [9.17, 15) is 14.0 Å². The molecule has 2 aliphatic heterocycles. The molecule has 46 heavy (non-hydrogen) atoms. The number of aromatic nitrogens is 4. The van der Waals surface area contributed by atoms with E-state index in [-0.39, 0.29) is 24.8 Å². The highest BCUT2D eigenvalue weighted by Crippen LogP contribution is 2.38. The van der Waals surface area contributed by atoms with Gasteiger partial charge in [0.25, 0.3) is 11.8 Å². The molecule has 236 valence electrons. The number of carbonyl (C=O) groups is 2. The van der Waals surface area contributed by atoms with Crippen LogP contribution < -0.4 is 15.8 Å². The molecular formula is C35H36FN7O3. The minimum absolute atomic E-state index is 0.0252. The second-order valence-electron chi connectivity index (χ2n) is 12.9. The standard InChI is InChI=1S/C35H36FN7O3/c1-41-31-28(12-23(14-30(31)46-2)35(45)42-17-24(36)15-25(37)18-42)40-33(41)29-13-22-6-8-27(39-32(22)43(29)16-19-3-4-19)21-5-7-26-20(11-21)9-10-38-34(26)44/h5-8,11-14,19,24-25H,3-4,9-10,15-18,37H2,1-2H3,(H,38,44)/t24-,25-/m1/s1. The quantitative estimate of drug-likeness (QED) is 0.289. The molecule has 0 radical (unpaired) electrons. The first-order chi connectivity index (χ1) is 22.3. The smallest absolute Gasteiger partial charge is 0.254 e. The minimum atomic E-state index is -1.14. The SMILES string of the molecule is COc1cc(C(=O)N2C[C@H](N)C[C@@H](F)C2)cc2nc(-c3cc4ccc(-c5ccc6c(c5)CCNC6=O)nc4n3CC3CC3)n(C)c12. The van der Waals surface area contributed by atoms with Crippen LogP contribution >= 0.6 is 0 Å². The number of rotatable bonds is 6. The number of carbonyl (C=O) groups excluding carboxylic acids is 2. The summed E-state index contributed by atoms with van der Waals surface area (Å²) < 4.78 is 24.3. The predicted octanol–water partition coefficient (Wildman–Crippen LogP) is 4.47. The number of aryl methyl sites for hydroxylation is 1. The molecule has 5 heterocycles. The summed E-state index contributed by atoms with van der Waals surface area (Å²) in [5.74, 6) is 1.52. The minimum Gasteiger partial charge on any atom is -0.494 e. The van der Waals surface area contributed by atoms with Crippen molar-refractivity contribution in [2.24, 2.45) is 18.7 Å². The Balaban J connectivity index is 1.22. The van der Waals surface area contributed by atoms with Crippen molar-refractivity contribution in [1.29, 1.82) is 0 Å². The van der Waals surface area contributed by atoms with Crippen molar-refractivity contribution >= 4 is 33.9 Å². The number of alkyl halides is 1. The molecule has 2 aromatic carbocycles. The Labute approximate surface area is 265 Å². The summed E-state index contributed by atoms with van der Waals surface area (Å²) in [6.07, 6.45) is 2.26. The lowest BCUT2D eigenvalue weighted by molar-refractivity contribution is 0.0606. The normalized spacial score (nSPS) is 19.8. The van der Waals surface area contributed by atoms with Crippen molar-refractivity contribution < 1.29 is 18.7 Å². The van der Waals surface area contributed by atoms with E-state index in [0.29, 0.717) is 35.8 Å². The molecule has 0 unspecified atom stereocenters. The lowest BCUT2D eigenvalue weighted by atomic mass is 9.96. The van der Waals surface area contributed by atoms with Crippen molar-refractivity contribution in [3.05, 3.63) is 65.2 Å². The van der Waals surface area contributed by atoms with Crippen LogP contribution in [0.5, 0.6) is 5.75 Å². The Morgan fingerprint density at radius 2 is 1.96 bits per heavy atom. The number of nitrogens with one attached hydrogen (secondary N) is 1. The number of hydrogen-bond donors (Lipinski definition) is 2. The molecule has 2 atom stereocenters. The fourth-order valence-electron chi connectivity index (χ4n) is 7.05. The molecule has 8 rings (SSSR count). The van der Waals surface area contributed by atoms with Gasteiger partial charge in [0, 0.05) is 54.8 Å². The summed E-state index contributed by atoms with van der Waals surface area (Å²) >= 11 is 0. The van der Waals surface area contributed by atoms with Crippen molar-refractivity contribution in [3.8, 4) is 28.5 Å². The van der Waals surface area contributed by atoms with Crippen LogP contribution in [0, 0.1) is 5.92 Å². The first kappa shape index (κ1) is 28.7. The van der Waals surface area contributed by atoms with Crippen LogP contribution in [0.15, 0.2) is 48.5 Å². The second kappa shape index (κ2) is 10.9. The van der Waals surface area contributed by atoms with Gasteiger partial charge in [-0.2, -0.15) is 0 Å². The van der Waals surface area contributed by atoms with Crippen molar-refractivity contribution in [2.45, 2.75) is 44.4 Å². The van der Waals surface area contributed by atoms with Gasteiger partial charge in [0.15, 0.2) is 5.82 Å². The Morgan fingerprint density at radius 1 is 1.11 bits per heavy atom. The number of ether oxygens (including phenoxy) is 1. The molecule has 3 N–H and O–H groups in total. The average molecular weight is 622 g/mol. The molecule has 0 spiro atoms.